The third kappa shape index (κ3) is 4.39. The van der Waals surface area contributed by atoms with Gasteiger partial charge in [0.2, 0.25) is 0 Å². The lowest BCUT2D eigenvalue weighted by Crippen LogP contribution is -2.27. The molecule has 134 valence electrons. The molecule has 25 heavy (non-hydrogen) atoms. The fraction of sp³-hybridized carbons (Fsp3) is 0.368. The Kier molecular flexibility index (Phi) is 5.23. The zero-order valence-electron chi connectivity index (χ0n) is 15.3. The first-order valence-electron chi connectivity index (χ1n) is 7.94. The zero-order valence-corrected chi connectivity index (χ0v) is 16.1. The van der Waals surface area contributed by atoms with Gasteiger partial charge in [-0.05, 0) is 52.7 Å². The summed E-state index contributed by atoms with van der Waals surface area (Å²) in [6.07, 6.45) is -0.663. The molecule has 1 aromatic carbocycles. The van der Waals surface area contributed by atoms with Crippen LogP contribution in [0.2, 0.25) is 0 Å². The minimum Gasteiger partial charge on any atom is -0.478 e. The number of benzene rings is 1. The molecule has 0 bridgehead atoms. The van der Waals surface area contributed by atoms with Gasteiger partial charge in [-0.3, -0.25) is 5.32 Å². The molecule has 1 heterocycles. The van der Waals surface area contributed by atoms with E-state index in [1.807, 2.05) is 39.0 Å². The Hall–Kier alpha value is -2.34. The van der Waals surface area contributed by atoms with Crippen LogP contribution >= 0.6 is 11.3 Å². The Morgan fingerprint density at radius 1 is 1.16 bits per heavy atom. The van der Waals surface area contributed by atoms with Gasteiger partial charge in [-0.25, -0.2) is 9.59 Å². The highest BCUT2D eigenvalue weighted by molar-refractivity contribution is 7.17. The summed E-state index contributed by atoms with van der Waals surface area (Å²) in [6, 6.07) is 5.88. The third-order valence-corrected chi connectivity index (χ3v) is 4.58. The largest absolute Gasteiger partial charge is 0.478 e. The van der Waals surface area contributed by atoms with E-state index in [0.29, 0.717) is 5.56 Å². The summed E-state index contributed by atoms with van der Waals surface area (Å²) in [6.45, 7) is 11.1. The number of nitrogens with one attached hydrogen (secondary N) is 1. The smallest absolute Gasteiger partial charge is 0.412 e. The monoisotopic (exact) mass is 361 g/mol. The topological polar surface area (TPSA) is 75.6 Å². The highest BCUT2D eigenvalue weighted by Gasteiger charge is 2.26. The average Bonchev–Trinajstić information content (AvgIpc) is 2.72. The van der Waals surface area contributed by atoms with Crippen LogP contribution in [-0.4, -0.2) is 22.8 Å². The van der Waals surface area contributed by atoms with Crippen molar-refractivity contribution in [1.29, 1.82) is 0 Å². The number of ether oxygens (including phenoxy) is 1. The average molecular weight is 361 g/mol. The van der Waals surface area contributed by atoms with Crippen molar-refractivity contribution in [3.8, 4) is 11.1 Å². The van der Waals surface area contributed by atoms with Crippen LogP contribution in [0.1, 0.15) is 47.1 Å². The van der Waals surface area contributed by atoms with Crippen LogP contribution in [0.3, 0.4) is 0 Å². The van der Waals surface area contributed by atoms with Crippen LogP contribution < -0.4 is 5.32 Å². The Morgan fingerprint density at radius 3 is 2.32 bits per heavy atom. The Balaban J connectivity index is 2.51. The first-order chi connectivity index (χ1) is 11.5. The van der Waals surface area contributed by atoms with Gasteiger partial charge < -0.3 is 9.84 Å². The normalized spacial score (nSPS) is 11.3. The summed E-state index contributed by atoms with van der Waals surface area (Å²) >= 11 is 1.24. The summed E-state index contributed by atoms with van der Waals surface area (Å²) in [5.74, 6) is -1.08. The van der Waals surface area contributed by atoms with Gasteiger partial charge in [0, 0.05) is 10.4 Å². The standard InChI is InChI=1S/C19H23NO4S/c1-10-7-8-13(11(2)9-10)14-12(3)25-16(15(14)17(21)22)20-18(23)24-19(4,5)6/h7-9H,1-6H3,(H,20,23)(H,21,22). The number of aryl methyl sites for hydroxylation is 3. The van der Waals surface area contributed by atoms with E-state index in [4.69, 9.17) is 4.74 Å². The molecular weight excluding hydrogens is 338 g/mol. The summed E-state index contributed by atoms with van der Waals surface area (Å²) in [7, 11) is 0. The van der Waals surface area contributed by atoms with Gasteiger partial charge in [-0.1, -0.05) is 23.8 Å². The van der Waals surface area contributed by atoms with Crippen LogP contribution in [0.15, 0.2) is 18.2 Å². The van der Waals surface area contributed by atoms with Gasteiger partial charge in [0.15, 0.2) is 0 Å². The van der Waals surface area contributed by atoms with Gasteiger partial charge in [-0.15, -0.1) is 11.3 Å². The lowest BCUT2D eigenvalue weighted by molar-refractivity contribution is 0.0636. The number of hydrogen-bond acceptors (Lipinski definition) is 4. The SMILES string of the molecule is Cc1ccc(-c2c(C)sc(NC(=O)OC(C)(C)C)c2C(=O)O)c(C)c1. The highest BCUT2D eigenvalue weighted by atomic mass is 32.1. The number of aromatic carboxylic acids is 1. The molecule has 0 spiro atoms. The molecule has 0 aliphatic carbocycles. The number of carboxylic acid groups (broad SMARTS) is 1. The van der Waals surface area contributed by atoms with Crippen molar-refractivity contribution in [3.05, 3.63) is 39.8 Å². The number of carboxylic acids is 1. The second-order valence-electron chi connectivity index (χ2n) is 6.99. The molecule has 0 unspecified atom stereocenters. The van der Waals surface area contributed by atoms with E-state index in [0.717, 1.165) is 21.6 Å². The minimum atomic E-state index is -1.08. The van der Waals surface area contributed by atoms with Gasteiger partial charge >= 0.3 is 12.1 Å². The lowest BCUT2D eigenvalue weighted by Gasteiger charge is -2.19. The van der Waals surface area contributed by atoms with Crippen molar-refractivity contribution < 1.29 is 19.4 Å². The molecule has 0 aliphatic heterocycles. The number of amides is 1. The van der Waals surface area contributed by atoms with E-state index in [-0.39, 0.29) is 10.6 Å². The number of carbonyl (C=O) groups excluding carboxylic acids is 1. The van der Waals surface area contributed by atoms with Crippen molar-refractivity contribution in [2.45, 2.75) is 47.1 Å². The van der Waals surface area contributed by atoms with Gasteiger partial charge in [0.05, 0.1) is 0 Å². The number of anilines is 1. The van der Waals surface area contributed by atoms with E-state index in [1.165, 1.54) is 11.3 Å². The molecule has 1 amide bonds. The van der Waals surface area contributed by atoms with Gasteiger partial charge in [0.25, 0.3) is 0 Å². The molecule has 0 saturated heterocycles. The van der Waals surface area contributed by atoms with Gasteiger partial charge in [0.1, 0.15) is 16.2 Å². The number of hydrogen-bond donors (Lipinski definition) is 2. The summed E-state index contributed by atoms with van der Waals surface area (Å²) in [5.41, 5.74) is 3.04. The lowest BCUT2D eigenvalue weighted by atomic mass is 9.96. The number of carbonyl (C=O) groups is 2. The maximum atomic E-state index is 12.1. The molecule has 0 saturated carbocycles. The minimum absolute atomic E-state index is 0.0975. The summed E-state index contributed by atoms with van der Waals surface area (Å²) < 4.78 is 5.23. The molecule has 0 fully saturated rings. The zero-order chi connectivity index (χ0) is 18.9. The van der Waals surface area contributed by atoms with Crippen molar-refractivity contribution in [2.24, 2.45) is 0 Å². The predicted octanol–water partition coefficient (Wildman–Crippen LogP) is 5.39. The Bertz CT molecular complexity index is 831. The second-order valence-corrected chi connectivity index (χ2v) is 8.21. The van der Waals surface area contributed by atoms with Crippen LogP contribution in [0.5, 0.6) is 0 Å². The van der Waals surface area contributed by atoms with Crippen molar-refractivity contribution in [3.63, 3.8) is 0 Å². The van der Waals surface area contributed by atoms with E-state index >= 15 is 0 Å². The summed E-state index contributed by atoms with van der Waals surface area (Å²) in [5, 5.41) is 12.6. The predicted molar refractivity (Wildman–Crippen MR) is 101 cm³/mol. The Labute approximate surface area is 151 Å². The molecule has 0 aliphatic rings. The van der Waals surface area contributed by atoms with Crippen molar-refractivity contribution >= 4 is 28.4 Å². The van der Waals surface area contributed by atoms with Crippen molar-refractivity contribution in [2.75, 3.05) is 5.32 Å². The molecule has 0 radical (unpaired) electrons. The van der Waals surface area contributed by atoms with Crippen LogP contribution in [0.4, 0.5) is 9.80 Å². The maximum Gasteiger partial charge on any atom is 0.412 e. The van der Waals surface area contributed by atoms with Crippen LogP contribution in [-0.2, 0) is 4.74 Å². The number of rotatable bonds is 3. The fourth-order valence-corrected chi connectivity index (χ4v) is 3.70. The Morgan fingerprint density at radius 2 is 1.80 bits per heavy atom. The summed E-state index contributed by atoms with van der Waals surface area (Å²) in [4.78, 5) is 24.8. The van der Waals surface area contributed by atoms with E-state index in [1.54, 1.807) is 20.8 Å². The van der Waals surface area contributed by atoms with E-state index in [9.17, 15) is 14.7 Å². The fourth-order valence-electron chi connectivity index (χ4n) is 2.65. The molecule has 0 atom stereocenters. The molecule has 2 aromatic rings. The molecule has 5 nitrogen and oxygen atoms in total. The first-order valence-corrected chi connectivity index (χ1v) is 8.75. The highest BCUT2D eigenvalue weighted by Crippen LogP contribution is 2.41. The third-order valence-electron chi connectivity index (χ3n) is 3.56. The van der Waals surface area contributed by atoms with E-state index in [2.05, 4.69) is 5.32 Å². The van der Waals surface area contributed by atoms with Gasteiger partial charge in [-0.2, -0.15) is 0 Å². The molecule has 2 rings (SSSR count). The van der Waals surface area contributed by atoms with Crippen LogP contribution in [0.25, 0.3) is 11.1 Å². The van der Waals surface area contributed by atoms with E-state index < -0.39 is 17.7 Å². The number of thiophene rings is 1. The molecule has 2 N–H and O–H groups in total. The molecular formula is C19H23NO4S. The maximum absolute atomic E-state index is 12.1. The molecule has 1 aromatic heterocycles. The van der Waals surface area contributed by atoms with Crippen LogP contribution in [0, 0.1) is 20.8 Å². The molecule has 6 heteroatoms. The second kappa shape index (κ2) is 6.88. The quantitative estimate of drug-likeness (QED) is 0.769. The van der Waals surface area contributed by atoms with Crippen molar-refractivity contribution in [1.82, 2.24) is 0 Å². The first kappa shape index (κ1) is 19.0.